The zero-order chi connectivity index (χ0) is 21.7. The van der Waals surface area contributed by atoms with E-state index >= 15 is 0 Å². The average molecular weight is 443 g/mol. The lowest BCUT2D eigenvalue weighted by atomic mass is 10.2. The van der Waals surface area contributed by atoms with E-state index in [9.17, 15) is 13.2 Å². The smallest absolute Gasteiger partial charge is 0.244 e. The Morgan fingerprint density at radius 2 is 1.63 bits per heavy atom. The Morgan fingerprint density at radius 3 is 2.30 bits per heavy atom. The second-order valence-corrected chi connectivity index (χ2v) is 9.43. The first-order valence-electron chi connectivity index (χ1n) is 9.42. The third-order valence-corrected chi connectivity index (χ3v) is 6.80. The number of anilines is 1. The number of carbonyl (C=O) groups is 1. The van der Waals surface area contributed by atoms with Crippen LogP contribution in [0.1, 0.15) is 16.7 Å². The molecule has 7 heteroatoms. The highest BCUT2D eigenvalue weighted by atomic mass is 35.5. The number of carbonyl (C=O) groups excluding carboxylic acids is 1. The van der Waals surface area contributed by atoms with Crippen LogP contribution in [0.5, 0.6) is 0 Å². The summed E-state index contributed by atoms with van der Waals surface area (Å²) in [7, 11) is -3.90. The van der Waals surface area contributed by atoms with E-state index in [1.165, 1.54) is 4.31 Å². The maximum Gasteiger partial charge on any atom is 0.244 e. The van der Waals surface area contributed by atoms with Crippen molar-refractivity contribution in [1.29, 1.82) is 0 Å². The summed E-state index contributed by atoms with van der Waals surface area (Å²) in [6, 6.07) is 21.1. The highest BCUT2D eigenvalue weighted by Gasteiger charge is 2.28. The summed E-state index contributed by atoms with van der Waals surface area (Å²) in [6.45, 7) is 3.37. The van der Waals surface area contributed by atoms with Crippen LogP contribution >= 0.6 is 11.6 Å². The number of amides is 1. The molecule has 156 valence electrons. The van der Waals surface area contributed by atoms with E-state index in [2.05, 4.69) is 5.32 Å². The predicted octanol–water partition coefficient (Wildman–Crippen LogP) is 4.79. The lowest BCUT2D eigenvalue weighted by Crippen LogP contribution is -2.37. The molecule has 0 heterocycles. The average Bonchev–Trinajstić information content (AvgIpc) is 2.71. The van der Waals surface area contributed by atoms with Crippen molar-refractivity contribution in [3.05, 3.63) is 94.5 Å². The first-order valence-corrected chi connectivity index (χ1v) is 11.2. The Balaban J connectivity index is 1.90. The van der Waals surface area contributed by atoms with E-state index in [1.807, 2.05) is 43.3 Å². The fraction of sp³-hybridized carbons (Fsp3) is 0.174. The van der Waals surface area contributed by atoms with Gasteiger partial charge >= 0.3 is 0 Å². The van der Waals surface area contributed by atoms with Gasteiger partial charge in [0, 0.05) is 17.3 Å². The summed E-state index contributed by atoms with van der Waals surface area (Å²) >= 11 is 5.88. The SMILES string of the molecule is Cc1ccc(C)c(S(=O)(=O)N(CC(=O)Nc2ccc(Cl)cc2)Cc2ccccc2)c1. The Bertz CT molecular complexity index is 1130. The van der Waals surface area contributed by atoms with Crippen molar-refractivity contribution in [2.24, 2.45) is 0 Å². The highest BCUT2D eigenvalue weighted by Crippen LogP contribution is 2.23. The number of sulfonamides is 1. The zero-order valence-electron chi connectivity index (χ0n) is 16.8. The standard InChI is InChI=1S/C23H23ClN2O3S/c1-17-8-9-18(2)22(14-17)30(28,29)26(15-19-6-4-3-5-7-19)16-23(27)25-21-12-10-20(24)11-13-21/h3-14H,15-16H2,1-2H3,(H,25,27). The number of nitrogens with one attached hydrogen (secondary N) is 1. The van der Waals surface area contributed by atoms with Gasteiger partial charge in [-0.25, -0.2) is 8.42 Å². The van der Waals surface area contributed by atoms with Gasteiger partial charge in [0.2, 0.25) is 15.9 Å². The molecule has 3 rings (SSSR count). The van der Waals surface area contributed by atoms with Gasteiger partial charge in [-0.2, -0.15) is 4.31 Å². The van der Waals surface area contributed by atoms with Gasteiger partial charge in [0.1, 0.15) is 0 Å². The van der Waals surface area contributed by atoms with Crippen molar-refractivity contribution in [3.8, 4) is 0 Å². The number of nitrogens with zero attached hydrogens (tertiary/aromatic N) is 1. The topological polar surface area (TPSA) is 66.5 Å². The summed E-state index contributed by atoms with van der Waals surface area (Å²) in [5, 5.41) is 3.28. The monoisotopic (exact) mass is 442 g/mol. The van der Waals surface area contributed by atoms with Gasteiger partial charge in [-0.1, -0.05) is 54.1 Å². The largest absolute Gasteiger partial charge is 0.325 e. The third kappa shape index (κ3) is 5.48. The normalized spacial score (nSPS) is 11.5. The Hall–Kier alpha value is -2.67. The lowest BCUT2D eigenvalue weighted by molar-refractivity contribution is -0.116. The van der Waals surface area contributed by atoms with Crippen LogP contribution in [-0.2, 0) is 21.4 Å². The van der Waals surface area contributed by atoms with E-state index in [-0.39, 0.29) is 18.0 Å². The molecule has 0 bridgehead atoms. The third-order valence-electron chi connectivity index (χ3n) is 4.61. The molecular formula is C23H23ClN2O3S. The molecule has 0 aromatic heterocycles. The van der Waals surface area contributed by atoms with Gasteiger partial charge < -0.3 is 5.32 Å². The molecule has 5 nitrogen and oxygen atoms in total. The minimum atomic E-state index is -3.90. The molecule has 0 saturated carbocycles. The molecule has 0 spiro atoms. The molecule has 3 aromatic carbocycles. The molecule has 0 atom stereocenters. The van der Waals surface area contributed by atoms with Gasteiger partial charge in [-0.3, -0.25) is 4.79 Å². The van der Waals surface area contributed by atoms with E-state index < -0.39 is 15.9 Å². The molecule has 0 aliphatic heterocycles. The molecule has 0 radical (unpaired) electrons. The zero-order valence-corrected chi connectivity index (χ0v) is 18.4. The second-order valence-electron chi connectivity index (χ2n) is 7.08. The number of benzene rings is 3. The second kappa shape index (κ2) is 9.43. The van der Waals surface area contributed by atoms with Crippen LogP contribution in [0.2, 0.25) is 5.02 Å². The predicted molar refractivity (Wildman–Crippen MR) is 120 cm³/mol. The van der Waals surface area contributed by atoms with E-state index in [1.54, 1.807) is 43.3 Å². The number of hydrogen-bond donors (Lipinski definition) is 1. The maximum atomic E-state index is 13.5. The molecule has 0 unspecified atom stereocenters. The molecule has 0 aliphatic rings. The van der Waals surface area contributed by atoms with Crippen LogP contribution in [0, 0.1) is 13.8 Å². The van der Waals surface area contributed by atoms with Gasteiger partial charge in [-0.15, -0.1) is 0 Å². The number of aryl methyl sites for hydroxylation is 2. The van der Waals surface area contributed by atoms with Crippen molar-refractivity contribution in [2.45, 2.75) is 25.3 Å². The van der Waals surface area contributed by atoms with E-state index in [4.69, 9.17) is 11.6 Å². The molecule has 0 aliphatic carbocycles. The van der Waals surface area contributed by atoms with E-state index in [0.717, 1.165) is 11.1 Å². The first-order chi connectivity index (χ1) is 14.3. The summed E-state index contributed by atoms with van der Waals surface area (Å²) in [6.07, 6.45) is 0. The Labute approximate surface area is 182 Å². The van der Waals surface area contributed by atoms with E-state index in [0.29, 0.717) is 16.3 Å². The summed E-state index contributed by atoms with van der Waals surface area (Å²) < 4.78 is 28.1. The van der Waals surface area contributed by atoms with Gasteiger partial charge in [-0.05, 0) is 60.9 Å². The first kappa shape index (κ1) is 22.0. The molecule has 30 heavy (non-hydrogen) atoms. The van der Waals surface area contributed by atoms with Crippen LogP contribution < -0.4 is 5.32 Å². The summed E-state index contributed by atoms with van der Waals surface area (Å²) in [4.78, 5) is 12.9. The molecule has 3 aromatic rings. The van der Waals surface area contributed by atoms with Crippen molar-refractivity contribution < 1.29 is 13.2 Å². The molecule has 0 fully saturated rings. The molecule has 0 saturated heterocycles. The van der Waals surface area contributed by atoms with Gasteiger partial charge in [0.25, 0.3) is 0 Å². The van der Waals surface area contributed by atoms with Gasteiger partial charge in [0.15, 0.2) is 0 Å². The molecule has 1 N–H and O–H groups in total. The van der Waals surface area contributed by atoms with Crippen molar-refractivity contribution in [3.63, 3.8) is 0 Å². The quantitative estimate of drug-likeness (QED) is 0.572. The number of hydrogen-bond acceptors (Lipinski definition) is 3. The Kier molecular flexibility index (Phi) is 6.92. The minimum Gasteiger partial charge on any atom is -0.325 e. The van der Waals surface area contributed by atoms with Crippen LogP contribution in [0.3, 0.4) is 0 Å². The number of rotatable bonds is 7. The van der Waals surface area contributed by atoms with Crippen molar-refractivity contribution in [2.75, 3.05) is 11.9 Å². The van der Waals surface area contributed by atoms with Crippen molar-refractivity contribution in [1.82, 2.24) is 4.31 Å². The Morgan fingerprint density at radius 1 is 0.967 bits per heavy atom. The van der Waals surface area contributed by atoms with Crippen LogP contribution in [0.15, 0.2) is 77.7 Å². The summed E-state index contributed by atoms with van der Waals surface area (Å²) in [5.74, 6) is -0.429. The van der Waals surface area contributed by atoms with Crippen molar-refractivity contribution >= 4 is 33.2 Å². The van der Waals surface area contributed by atoms with Gasteiger partial charge in [0.05, 0.1) is 11.4 Å². The molecule has 1 amide bonds. The summed E-state index contributed by atoms with van der Waals surface area (Å²) in [5.41, 5.74) is 2.82. The highest BCUT2D eigenvalue weighted by molar-refractivity contribution is 7.89. The number of halogens is 1. The fourth-order valence-electron chi connectivity index (χ4n) is 3.03. The van der Waals surface area contributed by atoms with Crippen LogP contribution in [0.4, 0.5) is 5.69 Å². The van der Waals surface area contributed by atoms with Crippen LogP contribution in [-0.4, -0.2) is 25.2 Å². The lowest BCUT2D eigenvalue weighted by Gasteiger charge is -2.23. The fourth-order valence-corrected chi connectivity index (χ4v) is 4.85. The molecular weight excluding hydrogens is 420 g/mol. The van der Waals surface area contributed by atoms with Crippen LogP contribution in [0.25, 0.3) is 0 Å². The minimum absolute atomic E-state index is 0.0879. The maximum absolute atomic E-state index is 13.5.